The monoisotopic (exact) mass is 372 g/mol. The van der Waals surface area contributed by atoms with Crippen molar-refractivity contribution in [2.45, 2.75) is 39.7 Å². The van der Waals surface area contributed by atoms with Gasteiger partial charge in [0.15, 0.2) is 0 Å². The topological polar surface area (TPSA) is 68.5 Å². The third-order valence-electron chi connectivity index (χ3n) is 4.18. The summed E-state index contributed by atoms with van der Waals surface area (Å²) in [5.74, 6) is 1.33. The lowest BCUT2D eigenvalue weighted by atomic mass is 9.96. The van der Waals surface area contributed by atoms with Crippen LogP contribution in [0.2, 0.25) is 0 Å². The van der Waals surface area contributed by atoms with E-state index in [9.17, 15) is 4.79 Å². The molecule has 3 rings (SSSR count). The zero-order valence-corrected chi connectivity index (χ0v) is 16.3. The number of para-hydroxylation sites is 1. The number of nitrogens with zero attached hydrogens (tertiary/aromatic N) is 3. The van der Waals surface area contributed by atoms with Crippen LogP contribution in [0.1, 0.15) is 44.5 Å². The normalized spacial score (nSPS) is 12.5. The van der Waals surface area contributed by atoms with Crippen molar-refractivity contribution in [1.29, 1.82) is 0 Å². The van der Waals surface area contributed by atoms with Gasteiger partial charge < -0.3 is 10.1 Å². The van der Waals surface area contributed by atoms with Gasteiger partial charge in [0.1, 0.15) is 5.75 Å². The predicted octanol–water partition coefficient (Wildman–Crippen LogP) is 3.92. The third-order valence-corrected chi connectivity index (χ3v) is 5.02. The highest BCUT2D eigenvalue weighted by Crippen LogP contribution is 2.33. The van der Waals surface area contributed by atoms with Crippen molar-refractivity contribution in [3.8, 4) is 5.75 Å². The SMILES string of the molecule is CCc1cc(=O)n2nc(NC(CC(C)C)c3ccccc3OC)sc2n1. The summed E-state index contributed by atoms with van der Waals surface area (Å²) < 4.78 is 6.89. The summed E-state index contributed by atoms with van der Waals surface area (Å²) in [6.07, 6.45) is 1.64. The predicted molar refractivity (Wildman–Crippen MR) is 105 cm³/mol. The minimum absolute atomic E-state index is 0.0352. The Morgan fingerprint density at radius 2 is 2.08 bits per heavy atom. The van der Waals surface area contributed by atoms with E-state index >= 15 is 0 Å². The lowest BCUT2D eigenvalue weighted by Gasteiger charge is -2.22. The molecule has 0 spiro atoms. The number of anilines is 1. The van der Waals surface area contributed by atoms with Crippen molar-refractivity contribution in [2.75, 3.05) is 12.4 Å². The Kier molecular flexibility index (Phi) is 5.56. The summed E-state index contributed by atoms with van der Waals surface area (Å²) in [5, 5.41) is 8.59. The summed E-state index contributed by atoms with van der Waals surface area (Å²) in [5.41, 5.74) is 1.72. The second kappa shape index (κ2) is 7.86. The molecule has 0 aliphatic rings. The first-order valence-electron chi connectivity index (χ1n) is 8.81. The summed E-state index contributed by atoms with van der Waals surface area (Å²) in [6.45, 7) is 6.35. The molecule has 0 saturated carbocycles. The van der Waals surface area contributed by atoms with Crippen LogP contribution in [0.15, 0.2) is 35.1 Å². The lowest BCUT2D eigenvalue weighted by molar-refractivity contribution is 0.402. The maximum atomic E-state index is 12.2. The molecule has 1 aromatic carbocycles. The van der Waals surface area contributed by atoms with Crippen molar-refractivity contribution < 1.29 is 4.74 Å². The van der Waals surface area contributed by atoms with E-state index in [1.165, 1.54) is 15.9 Å². The van der Waals surface area contributed by atoms with Crippen LogP contribution in [0.4, 0.5) is 5.13 Å². The van der Waals surface area contributed by atoms with E-state index in [0.29, 0.717) is 16.0 Å². The molecule has 0 aliphatic carbocycles. The molecular formula is C19H24N4O2S. The van der Waals surface area contributed by atoms with Gasteiger partial charge in [-0.2, -0.15) is 4.52 Å². The van der Waals surface area contributed by atoms with Gasteiger partial charge in [-0.05, 0) is 24.8 Å². The van der Waals surface area contributed by atoms with Crippen molar-refractivity contribution in [3.63, 3.8) is 0 Å². The fourth-order valence-corrected chi connectivity index (χ4v) is 3.81. The fraction of sp³-hybridized carbons (Fsp3) is 0.421. The maximum absolute atomic E-state index is 12.2. The Hall–Kier alpha value is -2.41. The average molecular weight is 372 g/mol. The molecule has 2 heterocycles. The third kappa shape index (κ3) is 3.88. The van der Waals surface area contributed by atoms with E-state index in [1.54, 1.807) is 13.2 Å². The molecular weight excluding hydrogens is 348 g/mol. The van der Waals surface area contributed by atoms with E-state index in [4.69, 9.17) is 4.74 Å². The van der Waals surface area contributed by atoms with Crippen molar-refractivity contribution in [1.82, 2.24) is 14.6 Å². The van der Waals surface area contributed by atoms with E-state index in [-0.39, 0.29) is 11.6 Å². The molecule has 1 N–H and O–H groups in total. The first-order valence-corrected chi connectivity index (χ1v) is 9.62. The Bertz CT molecular complexity index is 948. The number of hydrogen-bond acceptors (Lipinski definition) is 6. The molecule has 0 aliphatic heterocycles. The summed E-state index contributed by atoms with van der Waals surface area (Å²) >= 11 is 1.39. The van der Waals surface area contributed by atoms with Gasteiger partial charge in [0.2, 0.25) is 10.1 Å². The Morgan fingerprint density at radius 1 is 1.31 bits per heavy atom. The molecule has 0 fully saturated rings. The number of fused-ring (bicyclic) bond motifs is 1. The zero-order chi connectivity index (χ0) is 18.7. The smallest absolute Gasteiger partial charge is 0.275 e. The van der Waals surface area contributed by atoms with Gasteiger partial charge in [-0.3, -0.25) is 4.79 Å². The Morgan fingerprint density at radius 3 is 2.77 bits per heavy atom. The van der Waals surface area contributed by atoms with Crippen LogP contribution in [0.3, 0.4) is 0 Å². The van der Waals surface area contributed by atoms with Gasteiger partial charge >= 0.3 is 0 Å². The largest absolute Gasteiger partial charge is 0.496 e. The average Bonchev–Trinajstić information content (AvgIpc) is 3.03. The highest BCUT2D eigenvalue weighted by Gasteiger charge is 2.19. The van der Waals surface area contributed by atoms with Gasteiger partial charge in [-0.1, -0.05) is 50.3 Å². The van der Waals surface area contributed by atoms with Crippen LogP contribution in [-0.2, 0) is 6.42 Å². The quantitative estimate of drug-likeness (QED) is 0.681. The first kappa shape index (κ1) is 18.4. The van der Waals surface area contributed by atoms with Gasteiger partial charge in [-0.15, -0.1) is 5.10 Å². The molecule has 0 amide bonds. The number of nitrogens with one attached hydrogen (secondary N) is 1. The van der Waals surface area contributed by atoms with Crippen LogP contribution in [0.25, 0.3) is 4.96 Å². The van der Waals surface area contributed by atoms with Crippen molar-refractivity contribution in [3.05, 3.63) is 51.9 Å². The second-order valence-electron chi connectivity index (χ2n) is 6.61. The van der Waals surface area contributed by atoms with Crippen molar-refractivity contribution in [2.24, 2.45) is 5.92 Å². The van der Waals surface area contributed by atoms with Gasteiger partial charge in [-0.25, -0.2) is 4.98 Å². The first-order chi connectivity index (χ1) is 12.5. The van der Waals surface area contributed by atoms with Crippen molar-refractivity contribution >= 4 is 21.4 Å². The summed E-state index contributed by atoms with van der Waals surface area (Å²) in [4.78, 5) is 17.3. The van der Waals surface area contributed by atoms with Crippen LogP contribution in [-0.4, -0.2) is 21.7 Å². The minimum Gasteiger partial charge on any atom is -0.496 e. The molecule has 26 heavy (non-hydrogen) atoms. The Labute approximate surface area is 156 Å². The standard InChI is InChI=1S/C19H24N4O2S/c1-5-13-11-17(24)23-19(20-13)26-18(22-23)21-15(10-12(2)3)14-8-6-7-9-16(14)25-4/h6-9,11-12,15H,5,10H2,1-4H3,(H,21,22). The van der Waals surface area contributed by atoms with Crippen LogP contribution in [0, 0.1) is 5.92 Å². The van der Waals surface area contributed by atoms with Gasteiger partial charge in [0.05, 0.1) is 13.2 Å². The second-order valence-corrected chi connectivity index (χ2v) is 7.57. The molecule has 1 atom stereocenters. The highest BCUT2D eigenvalue weighted by atomic mass is 32.1. The van der Waals surface area contributed by atoms with E-state index in [2.05, 4.69) is 35.3 Å². The van der Waals surface area contributed by atoms with Crippen LogP contribution < -0.4 is 15.6 Å². The molecule has 138 valence electrons. The molecule has 0 saturated heterocycles. The number of aromatic nitrogens is 3. The molecule has 7 heteroatoms. The van der Waals surface area contributed by atoms with Crippen LogP contribution >= 0.6 is 11.3 Å². The van der Waals surface area contributed by atoms with E-state index in [1.807, 2.05) is 25.1 Å². The number of benzene rings is 1. The minimum atomic E-state index is -0.145. The fourth-order valence-electron chi connectivity index (χ4n) is 2.93. The molecule has 6 nitrogen and oxygen atoms in total. The molecule has 2 aromatic heterocycles. The van der Waals surface area contributed by atoms with Crippen LogP contribution in [0.5, 0.6) is 5.75 Å². The maximum Gasteiger partial charge on any atom is 0.275 e. The number of methoxy groups -OCH3 is 1. The molecule has 0 radical (unpaired) electrons. The lowest BCUT2D eigenvalue weighted by Crippen LogP contribution is -2.17. The van der Waals surface area contributed by atoms with E-state index < -0.39 is 0 Å². The van der Waals surface area contributed by atoms with Gasteiger partial charge in [0.25, 0.3) is 5.56 Å². The number of hydrogen-bond donors (Lipinski definition) is 1. The Balaban J connectivity index is 1.98. The van der Waals surface area contributed by atoms with E-state index in [0.717, 1.165) is 29.8 Å². The number of ether oxygens (including phenoxy) is 1. The number of rotatable bonds is 7. The summed E-state index contributed by atoms with van der Waals surface area (Å²) in [7, 11) is 1.68. The summed E-state index contributed by atoms with van der Waals surface area (Å²) in [6, 6.07) is 9.57. The zero-order valence-electron chi connectivity index (χ0n) is 15.5. The molecule has 0 bridgehead atoms. The highest BCUT2D eigenvalue weighted by molar-refractivity contribution is 7.20. The molecule has 3 aromatic rings. The number of aryl methyl sites for hydroxylation is 1. The molecule has 1 unspecified atom stereocenters. The van der Waals surface area contributed by atoms with Gasteiger partial charge in [0, 0.05) is 17.3 Å².